The van der Waals surface area contributed by atoms with E-state index in [1.165, 1.54) is 6.42 Å². The molecule has 2 fully saturated rings. The van der Waals surface area contributed by atoms with Crippen LogP contribution in [-0.2, 0) is 10.0 Å². The zero-order chi connectivity index (χ0) is 10.9. The molecule has 0 aromatic rings. The van der Waals surface area contributed by atoms with Crippen LogP contribution in [0.1, 0.15) is 38.5 Å². The van der Waals surface area contributed by atoms with Gasteiger partial charge in [-0.2, -0.15) is 0 Å². The van der Waals surface area contributed by atoms with E-state index in [2.05, 4.69) is 4.72 Å². The lowest BCUT2D eigenvalue weighted by Gasteiger charge is -2.31. The topological polar surface area (TPSA) is 72.2 Å². The van der Waals surface area contributed by atoms with Gasteiger partial charge in [0, 0.05) is 6.04 Å². The minimum atomic E-state index is -3.04. The molecule has 0 aromatic heterocycles. The first-order valence-electron chi connectivity index (χ1n) is 5.84. The molecule has 0 saturated heterocycles. The van der Waals surface area contributed by atoms with Crippen molar-refractivity contribution in [3.05, 3.63) is 0 Å². The van der Waals surface area contributed by atoms with Crippen molar-refractivity contribution >= 4 is 22.4 Å². The van der Waals surface area contributed by atoms with Gasteiger partial charge in [-0.15, -0.1) is 12.4 Å². The van der Waals surface area contributed by atoms with E-state index in [1.54, 1.807) is 0 Å². The van der Waals surface area contributed by atoms with E-state index in [0.29, 0.717) is 12.5 Å². The lowest BCUT2D eigenvalue weighted by atomic mass is 9.85. The second-order valence-corrected chi connectivity index (χ2v) is 6.74. The number of nitrogens with one attached hydrogen (secondary N) is 1. The quantitative estimate of drug-likeness (QED) is 0.799. The third kappa shape index (κ3) is 3.32. The molecule has 2 aliphatic carbocycles. The summed E-state index contributed by atoms with van der Waals surface area (Å²) in [6.07, 6.45) is 5.98. The van der Waals surface area contributed by atoms with Crippen LogP contribution in [0.3, 0.4) is 0 Å². The van der Waals surface area contributed by atoms with Crippen LogP contribution in [-0.4, -0.2) is 26.3 Å². The van der Waals surface area contributed by atoms with E-state index < -0.39 is 10.0 Å². The Morgan fingerprint density at radius 1 is 1.12 bits per heavy atom. The molecule has 16 heavy (non-hydrogen) atoms. The van der Waals surface area contributed by atoms with Crippen LogP contribution < -0.4 is 10.5 Å². The fourth-order valence-electron chi connectivity index (χ4n) is 2.33. The van der Waals surface area contributed by atoms with E-state index in [9.17, 15) is 8.42 Å². The largest absolute Gasteiger partial charge is 0.330 e. The lowest BCUT2D eigenvalue weighted by molar-refractivity contribution is 0.296. The molecule has 3 N–H and O–H groups in total. The van der Waals surface area contributed by atoms with Crippen molar-refractivity contribution in [2.75, 3.05) is 6.54 Å². The molecule has 2 saturated carbocycles. The van der Waals surface area contributed by atoms with Gasteiger partial charge in [0.2, 0.25) is 10.0 Å². The van der Waals surface area contributed by atoms with Crippen molar-refractivity contribution in [3.63, 3.8) is 0 Å². The van der Waals surface area contributed by atoms with Crippen LogP contribution >= 0.6 is 12.4 Å². The van der Waals surface area contributed by atoms with Crippen LogP contribution in [0.2, 0.25) is 0 Å². The van der Waals surface area contributed by atoms with Crippen LogP contribution in [0.5, 0.6) is 0 Å². The number of rotatable bonds is 4. The number of nitrogens with two attached hydrogens (primary N) is 1. The van der Waals surface area contributed by atoms with E-state index in [0.717, 1.165) is 32.1 Å². The molecule has 0 radical (unpaired) electrons. The highest BCUT2D eigenvalue weighted by Gasteiger charge is 2.38. The van der Waals surface area contributed by atoms with Gasteiger partial charge in [-0.1, -0.05) is 12.8 Å². The Hall–Kier alpha value is 0.160. The van der Waals surface area contributed by atoms with Crippen LogP contribution in [0, 0.1) is 5.92 Å². The summed E-state index contributed by atoms with van der Waals surface area (Å²) in [5.74, 6) is 0.340. The summed E-state index contributed by atoms with van der Waals surface area (Å²) in [5.41, 5.74) is 5.67. The molecule has 2 aliphatic rings. The predicted octanol–water partition coefficient (Wildman–Crippen LogP) is 1.01. The molecule has 2 unspecified atom stereocenters. The van der Waals surface area contributed by atoms with Gasteiger partial charge in [-0.05, 0) is 38.1 Å². The van der Waals surface area contributed by atoms with Crippen LogP contribution in [0.15, 0.2) is 0 Å². The maximum atomic E-state index is 11.8. The molecule has 96 valence electrons. The second-order valence-electron chi connectivity index (χ2n) is 4.75. The van der Waals surface area contributed by atoms with Crippen molar-refractivity contribution in [1.29, 1.82) is 0 Å². The third-order valence-corrected chi connectivity index (χ3v) is 5.47. The van der Waals surface area contributed by atoms with Gasteiger partial charge in [-0.25, -0.2) is 13.1 Å². The molecule has 4 nitrogen and oxygen atoms in total. The molecule has 2 atom stereocenters. The first kappa shape index (κ1) is 14.2. The molecule has 6 heteroatoms. The summed E-state index contributed by atoms with van der Waals surface area (Å²) >= 11 is 0. The number of hydrogen-bond acceptors (Lipinski definition) is 3. The van der Waals surface area contributed by atoms with Crippen molar-refractivity contribution in [2.24, 2.45) is 11.7 Å². The summed E-state index contributed by atoms with van der Waals surface area (Å²) < 4.78 is 26.4. The monoisotopic (exact) mass is 268 g/mol. The summed E-state index contributed by atoms with van der Waals surface area (Å²) in [4.78, 5) is 0. The normalized spacial score (nSPS) is 30.8. The fourth-order valence-corrected chi connectivity index (χ4v) is 4.01. The maximum Gasteiger partial charge on any atom is 0.214 e. The Morgan fingerprint density at radius 3 is 2.31 bits per heavy atom. The highest BCUT2D eigenvalue weighted by Crippen LogP contribution is 2.30. The number of hydrogen-bond donors (Lipinski definition) is 2. The molecule has 0 aromatic carbocycles. The Balaban J connectivity index is 0.00000128. The molecule has 0 spiro atoms. The standard InChI is InChI=1S/C10H20N2O2S.ClH/c11-7-8-3-1-2-4-10(8)12-15(13,14)9-5-6-9;/h8-10,12H,1-7,11H2;1H. The van der Waals surface area contributed by atoms with E-state index >= 15 is 0 Å². The zero-order valence-corrected chi connectivity index (χ0v) is 11.0. The third-order valence-electron chi connectivity index (χ3n) is 3.49. The molecular formula is C10H21ClN2O2S. The van der Waals surface area contributed by atoms with Gasteiger partial charge < -0.3 is 5.73 Å². The SMILES string of the molecule is Cl.NCC1CCCCC1NS(=O)(=O)C1CC1. The van der Waals surface area contributed by atoms with E-state index in [-0.39, 0.29) is 23.7 Å². The molecule has 0 aliphatic heterocycles. The van der Waals surface area contributed by atoms with Crippen molar-refractivity contribution < 1.29 is 8.42 Å². The average Bonchev–Trinajstić information content (AvgIpc) is 3.01. The first-order chi connectivity index (χ1) is 7.13. The smallest absolute Gasteiger partial charge is 0.214 e. The van der Waals surface area contributed by atoms with Gasteiger partial charge in [0.25, 0.3) is 0 Å². The Bertz CT molecular complexity index is 317. The van der Waals surface area contributed by atoms with Gasteiger partial charge >= 0.3 is 0 Å². The van der Waals surface area contributed by atoms with E-state index in [4.69, 9.17) is 5.73 Å². The van der Waals surface area contributed by atoms with Crippen LogP contribution in [0.25, 0.3) is 0 Å². The average molecular weight is 269 g/mol. The predicted molar refractivity (Wildman–Crippen MR) is 67.1 cm³/mol. The first-order valence-corrected chi connectivity index (χ1v) is 7.39. The maximum absolute atomic E-state index is 11.8. The molecule has 2 rings (SSSR count). The molecule has 0 bridgehead atoms. The summed E-state index contributed by atoms with van der Waals surface area (Å²) in [7, 11) is -3.04. The van der Waals surface area contributed by atoms with Gasteiger partial charge in [0.05, 0.1) is 5.25 Å². The Kier molecular flexibility index (Phi) is 5.04. The molecule has 0 heterocycles. The van der Waals surface area contributed by atoms with Crippen LogP contribution in [0.4, 0.5) is 0 Å². The minimum Gasteiger partial charge on any atom is -0.330 e. The highest BCUT2D eigenvalue weighted by atomic mass is 35.5. The minimum absolute atomic E-state index is 0. The zero-order valence-electron chi connectivity index (χ0n) is 9.39. The summed E-state index contributed by atoms with van der Waals surface area (Å²) in [6, 6.07) is 0.0920. The Labute approximate surface area is 104 Å². The fraction of sp³-hybridized carbons (Fsp3) is 1.00. The summed E-state index contributed by atoms with van der Waals surface area (Å²) in [5, 5.41) is -0.113. The lowest BCUT2D eigenvalue weighted by Crippen LogP contribution is -2.45. The van der Waals surface area contributed by atoms with Crippen molar-refractivity contribution in [2.45, 2.75) is 49.8 Å². The molecular weight excluding hydrogens is 248 g/mol. The van der Waals surface area contributed by atoms with Crippen molar-refractivity contribution in [1.82, 2.24) is 4.72 Å². The Morgan fingerprint density at radius 2 is 1.75 bits per heavy atom. The number of halogens is 1. The van der Waals surface area contributed by atoms with Gasteiger partial charge in [0.1, 0.15) is 0 Å². The number of sulfonamides is 1. The molecule has 0 amide bonds. The summed E-state index contributed by atoms with van der Waals surface area (Å²) in [6.45, 7) is 0.595. The van der Waals surface area contributed by atoms with Crippen molar-refractivity contribution in [3.8, 4) is 0 Å². The van der Waals surface area contributed by atoms with Gasteiger partial charge in [-0.3, -0.25) is 0 Å². The van der Waals surface area contributed by atoms with E-state index in [1.807, 2.05) is 0 Å². The van der Waals surface area contributed by atoms with Gasteiger partial charge in [0.15, 0.2) is 0 Å². The highest BCUT2D eigenvalue weighted by molar-refractivity contribution is 7.90. The second kappa shape index (κ2) is 5.67.